The summed E-state index contributed by atoms with van der Waals surface area (Å²) in [4.78, 5) is 11.7. The molecule has 1 rings (SSSR count). The second kappa shape index (κ2) is 5.55. The van der Waals surface area contributed by atoms with E-state index in [4.69, 9.17) is 10.9 Å². The van der Waals surface area contributed by atoms with Crippen LogP contribution >= 0.6 is 0 Å². The van der Waals surface area contributed by atoms with Gasteiger partial charge in [0, 0.05) is 6.26 Å². The Morgan fingerprint density at radius 3 is 2.39 bits per heavy atom. The van der Waals surface area contributed by atoms with Crippen molar-refractivity contribution in [2.75, 3.05) is 12.0 Å². The summed E-state index contributed by atoms with van der Waals surface area (Å²) >= 11 is 0. The van der Waals surface area contributed by atoms with Gasteiger partial charge in [-0.15, -0.1) is 0 Å². The third-order valence-electron chi connectivity index (χ3n) is 3.08. The molecule has 4 N–H and O–H groups in total. The number of hydrogen-bond donors (Lipinski definition) is 3. The number of carbonyl (C=O) groups excluding carboxylic acids is 1. The summed E-state index contributed by atoms with van der Waals surface area (Å²) in [7, 11) is -3.39. The van der Waals surface area contributed by atoms with E-state index in [0.717, 1.165) is 25.5 Å². The summed E-state index contributed by atoms with van der Waals surface area (Å²) in [6.07, 6.45) is 4.80. The fourth-order valence-electron chi connectivity index (χ4n) is 2.24. The molecule has 0 saturated heterocycles. The largest absolute Gasteiger partial charge is 0.409 e. The highest BCUT2D eigenvalue weighted by Gasteiger charge is 2.38. The normalized spacial score (nSPS) is 20.4. The predicted octanol–water partition coefficient (Wildman–Crippen LogP) is -0.403. The van der Waals surface area contributed by atoms with E-state index < -0.39 is 27.0 Å². The van der Waals surface area contributed by atoms with Crippen LogP contribution in [0.2, 0.25) is 0 Å². The molecule has 18 heavy (non-hydrogen) atoms. The minimum absolute atomic E-state index is 0.0657. The van der Waals surface area contributed by atoms with E-state index in [0.29, 0.717) is 12.8 Å². The van der Waals surface area contributed by atoms with E-state index in [2.05, 4.69) is 10.5 Å². The zero-order valence-corrected chi connectivity index (χ0v) is 11.2. The van der Waals surface area contributed by atoms with Crippen molar-refractivity contribution < 1.29 is 18.4 Å². The highest BCUT2D eigenvalue weighted by Crippen LogP contribution is 2.28. The topological polar surface area (TPSA) is 122 Å². The van der Waals surface area contributed by atoms with Gasteiger partial charge >= 0.3 is 0 Å². The van der Waals surface area contributed by atoms with E-state index in [1.807, 2.05) is 0 Å². The van der Waals surface area contributed by atoms with Crippen LogP contribution in [-0.4, -0.2) is 42.9 Å². The SMILES string of the molecule is CS(=O)(=O)CC(=O)NC1(C(N)=NO)CCCCC1. The third-order valence-corrected chi connectivity index (χ3v) is 3.86. The quantitative estimate of drug-likeness (QED) is 0.279. The zero-order valence-electron chi connectivity index (χ0n) is 10.3. The number of nitrogens with zero attached hydrogens (tertiary/aromatic N) is 1. The number of nitrogens with one attached hydrogen (secondary N) is 1. The molecule has 1 amide bonds. The van der Waals surface area contributed by atoms with Gasteiger partial charge in [-0.1, -0.05) is 24.4 Å². The first-order valence-corrected chi connectivity index (χ1v) is 7.82. The molecule has 0 spiro atoms. The van der Waals surface area contributed by atoms with Gasteiger partial charge in [0.15, 0.2) is 15.7 Å². The van der Waals surface area contributed by atoms with Gasteiger partial charge in [-0.3, -0.25) is 4.79 Å². The molecule has 0 radical (unpaired) electrons. The number of carbonyl (C=O) groups is 1. The Morgan fingerprint density at radius 1 is 1.39 bits per heavy atom. The van der Waals surface area contributed by atoms with E-state index >= 15 is 0 Å². The van der Waals surface area contributed by atoms with Gasteiger partial charge in [-0.05, 0) is 12.8 Å². The highest BCUT2D eigenvalue weighted by molar-refractivity contribution is 7.91. The fourth-order valence-corrected chi connectivity index (χ4v) is 2.79. The molecule has 7 nitrogen and oxygen atoms in total. The predicted molar refractivity (Wildman–Crippen MR) is 67.1 cm³/mol. The summed E-state index contributed by atoms with van der Waals surface area (Å²) < 4.78 is 22.1. The lowest BCUT2D eigenvalue weighted by atomic mass is 9.80. The lowest BCUT2D eigenvalue weighted by molar-refractivity contribution is -0.120. The van der Waals surface area contributed by atoms with Crippen molar-refractivity contribution in [2.45, 2.75) is 37.6 Å². The van der Waals surface area contributed by atoms with E-state index in [9.17, 15) is 13.2 Å². The van der Waals surface area contributed by atoms with Crippen LogP contribution in [0.25, 0.3) is 0 Å². The van der Waals surface area contributed by atoms with Gasteiger partial charge in [0.25, 0.3) is 0 Å². The molecule has 1 saturated carbocycles. The Kier molecular flexibility index (Phi) is 4.55. The number of sulfone groups is 1. The summed E-state index contributed by atoms with van der Waals surface area (Å²) in [6, 6.07) is 0. The van der Waals surface area contributed by atoms with Crippen molar-refractivity contribution >= 4 is 21.6 Å². The van der Waals surface area contributed by atoms with Gasteiger partial charge < -0.3 is 16.3 Å². The van der Waals surface area contributed by atoms with Crippen LogP contribution in [0.15, 0.2) is 5.16 Å². The van der Waals surface area contributed by atoms with Crippen molar-refractivity contribution in [3.8, 4) is 0 Å². The first kappa shape index (κ1) is 14.7. The number of rotatable bonds is 4. The minimum atomic E-state index is -3.39. The summed E-state index contributed by atoms with van der Waals surface area (Å²) in [6.45, 7) is 0. The average Bonchev–Trinajstić information content (AvgIpc) is 2.26. The maximum absolute atomic E-state index is 11.7. The van der Waals surface area contributed by atoms with E-state index in [1.165, 1.54) is 0 Å². The minimum Gasteiger partial charge on any atom is -0.409 e. The van der Waals surface area contributed by atoms with Gasteiger partial charge in [-0.25, -0.2) is 8.42 Å². The lowest BCUT2D eigenvalue weighted by Crippen LogP contribution is -2.59. The molecule has 0 aromatic heterocycles. The molecule has 1 fully saturated rings. The van der Waals surface area contributed by atoms with Crippen LogP contribution in [0.5, 0.6) is 0 Å². The number of oxime groups is 1. The second-order valence-corrected chi connectivity index (χ2v) is 6.89. The molecular formula is C10H19N3O4S. The number of amidine groups is 1. The summed E-state index contributed by atoms with van der Waals surface area (Å²) in [5.74, 6) is -1.27. The van der Waals surface area contributed by atoms with Crippen molar-refractivity contribution in [1.29, 1.82) is 0 Å². The number of hydrogen-bond acceptors (Lipinski definition) is 5. The molecule has 0 aromatic rings. The van der Waals surface area contributed by atoms with Crippen molar-refractivity contribution in [1.82, 2.24) is 5.32 Å². The average molecular weight is 277 g/mol. The third kappa shape index (κ3) is 3.86. The molecule has 8 heteroatoms. The van der Waals surface area contributed by atoms with Gasteiger partial charge in [0.05, 0.1) is 0 Å². The first-order chi connectivity index (χ1) is 8.29. The van der Waals surface area contributed by atoms with Crippen molar-refractivity contribution in [3.63, 3.8) is 0 Å². The van der Waals surface area contributed by atoms with E-state index in [1.54, 1.807) is 0 Å². The Labute approximate surface area is 106 Å². The highest BCUT2D eigenvalue weighted by atomic mass is 32.2. The fraction of sp³-hybridized carbons (Fsp3) is 0.800. The lowest BCUT2D eigenvalue weighted by Gasteiger charge is -2.36. The molecule has 0 bridgehead atoms. The van der Waals surface area contributed by atoms with Crippen molar-refractivity contribution in [2.24, 2.45) is 10.9 Å². The molecule has 0 aromatic carbocycles. The number of nitrogens with two attached hydrogens (primary N) is 1. The van der Waals surface area contributed by atoms with Crippen LogP contribution < -0.4 is 11.1 Å². The molecule has 104 valence electrons. The van der Waals surface area contributed by atoms with Gasteiger partial charge in [0.1, 0.15) is 11.3 Å². The van der Waals surface area contributed by atoms with Crippen LogP contribution in [-0.2, 0) is 14.6 Å². The zero-order chi connectivity index (χ0) is 13.8. The smallest absolute Gasteiger partial charge is 0.235 e. The molecule has 0 atom stereocenters. The van der Waals surface area contributed by atoms with Crippen LogP contribution in [0.4, 0.5) is 0 Å². The Morgan fingerprint density at radius 2 is 1.94 bits per heavy atom. The van der Waals surface area contributed by atoms with Crippen molar-refractivity contribution in [3.05, 3.63) is 0 Å². The summed E-state index contributed by atoms with van der Waals surface area (Å²) in [5, 5.41) is 14.4. The molecular weight excluding hydrogens is 258 g/mol. The van der Waals surface area contributed by atoms with Crippen LogP contribution in [0.1, 0.15) is 32.1 Å². The van der Waals surface area contributed by atoms with Gasteiger partial charge in [0.2, 0.25) is 5.91 Å². The summed E-state index contributed by atoms with van der Waals surface area (Å²) in [5.41, 5.74) is 4.72. The number of amides is 1. The molecule has 1 aliphatic rings. The molecule has 0 aliphatic heterocycles. The Hall–Kier alpha value is -1.31. The van der Waals surface area contributed by atoms with Crippen LogP contribution in [0, 0.1) is 0 Å². The molecule has 1 aliphatic carbocycles. The Bertz CT molecular complexity index is 438. The maximum Gasteiger partial charge on any atom is 0.235 e. The van der Waals surface area contributed by atoms with E-state index in [-0.39, 0.29) is 5.84 Å². The monoisotopic (exact) mass is 277 g/mol. The second-order valence-electron chi connectivity index (χ2n) is 4.75. The van der Waals surface area contributed by atoms with Gasteiger partial charge in [-0.2, -0.15) is 0 Å². The maximum atomic E-state index is 11.7. The first-order valence-electron chi connectivity index (χ1n) is 5.76. The van der Waals surface area contributed by atoms with Crippen LogP contribution in [0.3, 0.4) is 0 Å². The standard InChI is InChI=1S/C10H19N3O4S/c1-18(16,17)7-8(14)12-10(9(11)13-15)5-3-2-4-6-10/h15H,2-7H2,1H3,(H2,11,13)(H,12,14). The molecule has 0 heterocycles. The Balaban J connectivity index is 2.83. The molecule has 0 unspecified atom stereocenters.